The Hall–Kier alpha value is -2.46. The number of aryl methyl sites for hydroxylation is 1. The number of hydrogen-bond acceptors (Lipinski definition) is 4. The fraction of sp³-hybridized carbons (Fsp3) is 0.176. The first-order valence-corrected chi connectivity index (χ1v) is 6.91. The molecule has 0 aliphatic rings. The van der Waals surface area contributed by atoms with E-state index in [0.717, 1.165) is 5.56 Å². The molecule has 0 saturated carbocycles. The van der Waals surface area contributed by atoms with E-state index in [1.54, 1.807) is 0 Å². The molecule has 1 aromatic heterocycles. The van der Waals surface area contributed by atoms with Crippen LogP contribution in [0.3, 0.4) is 0 Å². The zero-order chi connectivity index (χ0) is 14.7. The average molecular weight is 279 g/mol. The van der Waals surface area contributed by atoms with Crippen LogP contribution in [0.5, 0.6) is 0 Å². The van der Waals surface area contributed by atoms with E-state index in [0.29, 0.717) is 18.1 Å². The van der Waals surface area contributed by atoms with Crippen LogP contribution in [0, 0.1) is 6.92 Å². The van der Waals surface area contributed by atoms with Gasteiger partial charge in [-0.15, -0.1) is 0 Å². The van der Waals surface area contributed by atoms with E-state index in [4.69, 9.17) is 10.3 Å². The Kier molecular flexibility index (Phi) is 3.79. The van der Waals surface area contributed by atoms with E-state index in [9.17, 15) is 0 Å². The van der Waals surface area contributed by atoms with Crippen LogP contribution in [0.2, 0.25) is 0 Å². The van der Waals surface area contributed by atoms with Gasteiger partial charge in [0.15, 0.2) is 5.82 Å². The third kappa shape index (κ3) is 3.01. The van der Waals surface area contributed by atoms with Crippen LogP contribution in [0.4, 0.5) is 0 Å². The molecule has 0 spiro atoms. The predicted octanol–water partition coefficient (Wildman–Crippen LogP) is 3.02. The average Bonchev–Trinajstić information content (AvgIpc) is 2.98. The van der Waals surface area contributed by atoms with Crippen LogP contribution >= 0.6 is 0 Å². The first-order chi connectivity index (χ1) is 10.2. The first kappa shape index (κ1) is 13.5. The van der Waals surface area contributed by atoms with Gasteiger partial charge in [0.1, 0.15) is 6.04 Å². The van der Waals surface area contributed by atoms with Crippen LogP contribution in [0.15, 0.2) is 59.1 Å². The molecule has 0 aliphatic carbocycles. The van der Waals surface area contributed by atoms with Gasteiger partial charge >= 0.3 is 0 Å². The van der Waals surface area contributed by atoms with Gasteiger partial charge in [0, 0.05) is 6.42 Å². The zero-order valence-corrected chi connectivity index (χ0v) is 11.9. The molecular weight excluding hydrogens is 262 g/mol. The normalized spacial score (nSPS) is 12.3. The van der Waals surface area contributed by atoms with Gasteiger partial charge in [-0.2, -0.15) is 4.98 Å². The number of nitrogens with two attached hydrogens (primary N) is 1. The molecule has 0 saturated heterocycles. The van der Waals surface area contributed by atoms with Gasteiger partial charge in [-0.3, -0.25) is 0 Å². The SMILES string of the molecule is Cc1ccccc1Cc1noc(C(N)c2ccccc2)n1. The van der Waals surface area contributed by atoms with Crippen LogP contribution in [0.25, 0.3) is 0 Å². The molecule has 0 fully saturated rings. The molecule has 1 unspecified atom stereocenters. The van der Waals surface area contributed by atoms with Crippen molar-refractivity contribution >= 4 is 0 Å². The Balaban J connectivity index is 1.79. The van der Waals surface area contributed by atoms with Gasteiger partial charge in [0.05, 0.1) is 0 Å². The number of hydrogen-bond donors (Lipinski definition) is 1. The number of rotatable bonds is 4. The molecule has 3 rings (SSSR count). The highest BCUT2D eigenvalue weighted by Crippen LogP contribution is 2.18. The number of benzene rings is 2. The fourth-order valence-electron chi connectivity index (χ4n) is 2.25. The highest BCUT2D eigenvalue weighted by molar-refractivity contribution is 5.28. The third-order valence-electron chi connectivity index (χ3n) is 3.52. The molecule has 0 amide bonds. The van der Waals surface area contributed by atoms with E-state index in [1.165, 1.54) is 11.1 Å². The largest absolute Gasteiger partial charge is 0.337 e. The lowest BCUT2D eigenvalue weighted by Crippen LogP contribution is -2.12. The van der Waals surface area contributed by atoms with Gasteiger partial charge in [-0.1, -0.05) is 59.8 Å². The summed E-state index contributed by atoms with van der Waals surface area (Å²) in [4.78, 5) is 4.42. The Bertz CT molecular complexity index is 722. The summed E-state index contributed by atoms with van der Waals surface area (Å²) in [6, 6.07) is 17.5. The Morgan fingerprint density at radius 1 is 1.05 bits per heavy atom. The molecule has 106 valence electrons. The lowest BCUT2D eigenvalue weighted by atomic mass is 10.1. The molecule has 2 aromatic carbocycles. The standard InChI is InChI=1S/C17H17N3O/c1-12-7-5-6-10-14(12)11-15-19-17(21-20-15)16(18)13-8-3-2-4-9-13/h2-10,16H,11,18H2,1H3. The highest BCUT2D eigenvalue weighted by atomic mass is 16.5. The molecule has 4 heteroatoms. The van der Waals surface area contributed by atoms with Crippen molar-refractivity contribution in [2.24, 2.45) is 5.73 Å². The number of aromatic nitrogens is 2. The van der Waals surface area contributed by atoms with Crippen LogP contribution < -0.4 is 5.73 Å². The summed E-state index contributed by atoms with van der Waals surface area (Å²) < 4.78 is 5.31. The maximum absolute atomic E-state index is 6.16. The summed E-state index contributed by atoms with van der Waals surface area (Å²) >= 11 is 0. The maximum atomic E-state index is 6.16. The molecule has 0 bridgehead atoms. The lowest BCUT2D eigenvalue weighted by molar-refractivity contribution is 0.363. The molecule has 0 aliphatic heterocycles. The maximum Gasteiger partial charge on any atom is 0.248 e. The second kappa shape index (κ2) is 5.89. The molecule has 0 radical (unpaired) electrons. The van der Waals surface area contributed by atoms with Crippen molar-refractivity contribution in [1.82, 2.24) is 10.1 Å². The van der Waals surface area contributed by atoms with Crippen LogP contribution in [0.1, 0.15) is 34.4 Å². The monoisotopic (exact) mass is 279 g/mol. The third-order valence-corrected chi connectivity index (χ3v) is 3.52. The van der Waals surface area contributed by atoms with Crippen LogP contribution in [-0.4, -0.2) is 10.1 Å². The van der Waals surface area contributed by atoms with E-state index >= 15 is 0 Å². The van der Waals surface area contributed by atoms with Gasteiger partial charge in [0.2, 0.25) is 5.89 Å². The smallest absolute Gasteiger partial charge is 0.248 e. The predicted molar refractivity (Wildman–Crippen MR) is 80.8 cm³/mol. The summed E-state index contributed by atoms with van der Waals surface area (Å²) in [7, 11) is 0. The summed E-state index contributed by atoms with van der Waals surface area (Å²) in [5, 5.41) is 4.03. The van der Waals surface area contributed by atoms with Gasteiger partial charge < -0.3 is 10.3 Å². The Morgan fingerprint density at radius 3 is 2.52 bits per heavy atom. The molecule has 1 atom stereocenters. The first-order valence-electron chi connectivity index (χ1n) is 6.91. The van der Waals surface area contributed by atoms with Crippen molar-refractivity contribution in [3.05, 3.63) is 83.0 Å². The van der Waals surface area contributed by atoms with E-state index in [1.807, 2.05) is 42.5 Å². The van der Waals surface area contributed by atoms with Crippen LogP contribution in [-0.2, 0) is 6.42 Å². The number of nitrogens with zero attached hydrogens (tertiary/aromatic N) is 2. The van der Waals surface area contributed by atoms with E-state index in [2.05, 4.69) is 29.2 Å². The Labute approximate surface area is 123 Å². The van der Waals surface area contributed by atoms with Crippen molar-refractivity contribution in [2.75, 3.05) is 0 Å². The minimum Gasteiger partial charge on any atom is -0.337 e. The topological polar surface area (TPSA) is 64.9 Å². The minimum atomic E-state index is -0.385. The Morgan fingerprint density at radius 2 is 1.76 bits per heavy atom. The van der Waals surface area contributed by atoms with Crippen molar-refractivity contribution in [2.45, 2.75) is 19.4 Å². The molecule has 4 nitrogen and oxygen atoms in total. The second-order valence-electron chi connectivity index (χ2n) is 5.04. The quantitative estimate of drug-likeness (QED) is 0.797. The van der Waals surface area contributed by atoms with Crippen molar-refractivity contribution < 1.29 is 4.52 Å². The molecule has 2 N–H and O–H groups in total. The summed E-state index contributed by atoms with van der Waals surface area (Å²) in [5.41, 5.74) is 9.53. The fourth-order valence-corrected chi connectivity index (χ4v) is 2.25. The zero-order valence-electron chi connectivity index (χ0n) is 11.9. The van der Waals surface area contributed by atoms with Crippen molar-refractivity contribution in [1.29, 1.82) is 0 Å². The van der Waals surface area contributed by atoms with Crippen molar-refractivity contribution in [3.63, 3.8) is 0 Å². The molecule has 3 aromatic rings. The second-order valence-corrected chi connectivity index (χ2v) is 5.04. The molecule has 1 heterocycles. The lowest BCUT2D eigenvalue weighted by Gasteiger charge is -2.05. The van der Waals surface area contributed by atoms with Crippen molar-refractivity contribution in [3.8, 4) is 0 Å². The summed E-state index contributed by atoms with van der Waals surface area (Å²) in [5.74, 6) is 1.11. The summed E-state index contributed by atoms with van der Waals surface area (Å²) in [6.07, 6.45) is 0.650. The van der Waals surface area contributed by atoms with E-state index < -0.39 is 0 Å². The summed E-state index contributed by atoms with van der Waals surface area (Å²) in [6.45, 7) is 2.08. The molecular formula is C17H17N3O. The molecule has 21 heavy (non-hydrogen) atoms. The van der Waals surface area contributed by atoms with Gasteiger partial charge in [-0.25, -0.2) is 0 Å². The highest BCUT2D eigenvalue weighted by Gasteiger charge is 2.16. The minimum absolute atomic E-state index is 0.385. The van der Waals surface area contributed by atoms with Gasteiger partial charge in [-0.05, 0) is 23.6 Å². The van der Waals surface area contributed by atoms with Gasteiger partial charge in [0.25, 0.3) is 0 Å². The van der Waals surface area contributed by atoms with E-state index in [-0.39, 0.29) is 6.04 Å².